The fraction of sp³-hybridized carbons (Fsp3) is 0.607. The predicted octanol–water partition coefficient (Wildman–Crippen LogP) is 5.50. The van der Waals surface area contributed by atoms with Crippen LogP contribution in [0.3, 0.4) is 0 Å². The van der Waals surface area contributed by atoms with Gasteiger partial charge in [0.15, 0.2) is 23.1 Å². The molecule has 0 saturated heterocycles. The molecule has 1 aliphatic carbocycles. The number of ether oxygens (including phenoxy) is 2. The first-order valence-electron chi connectivity index (χ1n) is 13.9. The molecule has 1 saturated carbocycles. The molecule has 1 aromatic heterocycles. The van der Waals surface area contributed by atoms with Gasteiger partial charge in [0.05, 0.1) is 26.5 Å². The van der Waals surface area contributed by atoms with Crippen LogP contribution in [0.1, 0.15) is 63.6 Å². The third-order valence-electron chi connectivity index (χ3n) is 7.76. The lowest BCUT2D eigenvalue weighted by molar-refractivity contribution is 0.246. The number of halogens is 2. The number of hydrogen-bond acceptors (Lipinski definition) is 7. The maximum Gasteiger partial charge on any atom is 0.330 e. The van der Waals surface area contributed by atoms with Crippen LogP contribution in [0.4, 0.5) is 31.0 Å². The van der Waals surface area contributed by atoms with E-state index in [9.17, 15) is 4.79 Å². The summed E-state index contributed by atoms with van der Waals surface area (Å²) >= 11 is 0. The zero-order valence-electron chi connectivity index (χ0n) is 23.6. The number of nitrogens with zero attached hydrogens (tertiary/aromatic N) is 5. The molecule has 2 amide bonds. The number of methoxy groups -OCH3 is 2. The zero-order valence-corrected chi connectivity index (χ0v) is 23.6. The Labute approximate surface area is 229 Å². The number of fused-ring (bicyclic) bond motifs is 1. The van der Waals surface area contributed by atoms with Crippen LogP contribution in [0, 0.1) is 18.6 Å². The third-order valence-corrected chi connectivity index (χ3v) is 7.76. The van der Waals surface area contributed by atoms with Crippen molar-refractivity contribution >= 4 is 23.5 Å². The van der Waals surface area contributed by atoms with Gasteiger partial charge in [0.25, 0.3) is 0 Å². The highest BCUT2D eigenvalue weighted by atomic mass is 19.1. The van der Waals surface area contributed by atoms with Crippen molar-refractivity contribution in [1.29, 1.82) is 0 Å². The van der Waals surface area contributed by atoms with E-state index < -0.39 is 23.4 Å². The molecule has 0 bridgehead atoms. The highest BCUT2D eigenvalue weighted by Gasteiger charge is 2.42. The number of urea groups is 1. The monoisotopic (exact) mass is 546 g/mol. The number of anilines is 3. The van der Waals surface area contributed by atoms with Gasteiger partial charge in [-0.15, -0.1) is 0 Å². The number of nitrogens with one attached hydrogen (secondary N) is 1. The Morgan fingerprint density at radius 3 is 2.28 bits per heavy atom. The number of unbranched alkanes of at least 4 members (excludes halogenated alkanes) is 1. The Morgan fingerprint density at radius 2 is 1.69 bits per heavy atom. The van der Waals surface area contributed by atoms with Gasteiger partial charge in [-0.25, -0.2) is 18.6 Å². The molecule has 2 heterocycles. The molecule has 1 aromatic carbocycles. The first-order valence-corrected chi connectivity index (χ1v) is 13.9. The Hall–Kier alpha value is -3.21. The summed E-state index contributed by atoms with van der Waals surface area (Å²) in [6.45, 7) is 9.92. The topological polar surface area (TPSA) is 83.1 Å². The van der Waals surface area contributed by atoms with Gasteiger partial charge in [-0.1, -0.05) is 26.7 Å². The summed E-state index contributed by atoms with van der Waals surface area (Å²) in [5.41, 5.74) is 0.815. The second kappa shape index (κ2) is 12.8. The van der Waals surface area contributed by atoms with E-state index >= 15 is 8.78 Å². The maximum absolute atomic E-state index is 15.5. The minimum absolute atomic E-state index is 0.0719. The summed E-state index contributed by atoms with van der Waals surface area (Å²) < 4.78 is 41.2. The molecule has 11 heteroatoms. The first-order chi connectivity index (χ1) is 18.8. The van der Waals surface area contributed by atoms with E-state index in [1.165, 1.54) is 14.2 Å². The molecule has 1 aliphatic heterocycles. The van der Waals surface area contributed by atoms with Crippen molar-refractivity contribution in [3.05, 3.63) is 29.0 Å². The molecule has 39 heavy (non-hydrogen) atoms. The van der Waals surface area contributed by atoms with Gasteiger partial charge >= 0.3 is 6.03 Å². The van der Waals surface area contributed by atoms with E-state index in [4.69, 9.17) is 14.5 Å². The SMILES string of the molecule is CCN(CC)CCCCNc1nc(C)c2c(n1)N(C1CCCC1)C(=O)N(c1c(F)c(OC)cc(OC)c1F)C2. The van der Waals surface area contributed by atoms with E-state index in [1.807, 2.05) is 6.92 Å². The summed E-state index contributed by atoms with van der Waals surface area (Å²) in [5.74, 6) is -1.36. The van der Waals surface area contributed by atoms with Crippen LogP contribution < -0.4 is 24.6 Å². The third kappa shape index (κ3) is 5.88. The van der Waals surface area contributed by atoms with Gasteiger partial charge in [0.1, 0.15) is 11.5 Å². The number of rotatable bonds is 12. The van der Waals surface area contributed by atoms with Gasteiger partial charge in [-0.05, 0) is 52.2 Å². The summed E-state index contributed by atoms with van der Waals surface area (Å²) in [6, 6.07) is 0.499. The van der Waals surface area contributed by atoms with Crippen molar-refractivity contribution in [2.75, 3.05) is 55.5 Å². The van der Waals surface area contributed by atoms with E-state index in [0.717, 1.165) is 69.1 Å². The standard InChI is InChI=1S/C28H40F2N6O3/c1-6-34(7-2)15-11-10-14-31-27-32-18(3)20-17-35(25-23(29)21(38-4)16-22(39-5)24(25)30)28(37)36(26(20)33-27)19-12-8-9-13-19/h16,19H,6-15,17H2,1-5H3,(H,31,32,33). The number of carbonyl (C=O) groups excluding carboxylic acids is 1. The average Bonchev–Trinajstić information content (AvgIpc) is 3.46. The second-order valence-corrected chi connectivity index (χ2v) is 10.0. The predicted molar refractivity (Wildman–Crippen MR) is 148 cm³/mol. The number of benzene rings is 1. The molecule has 0 unspecified atom stereocenters. The lowest BCUT2D eigenvalue weighted by Gasteiger charge is -2.40. The van der Waals surface area contributed by atoms with Crippen LogP contribution in [0.25, 0.3) is 0 Å². The number of aryl methyl sites for hydroxylation is 1. The largest absolute Gasteiger partial charge is 0.493 e. The molecule has 0 atom stereocenters. The van der Waals surface area contributed by atoms with Gasteiger partial charge in [-0.3, -0.25) is 9.80 Å². The molecule has 1 N–H and O–H groups in total. The average molecular weight is 547 g/mol. The second-order valence-electron chi connectivity index (χ2n) is 10.0. The lowest BCUT2D eigenvalue weighted by atomic mass is 10.1. The molecule has 9 nitrogen and oxygen atoms in total. The van der Waals surface area contributed by atoms with Crippen LogP contribution in [0.5, 0.6) is 11.5 Å². The fourth-order valence-corrected chi connectivity index (χ4v) is 5.47. The number of carbonyl (C=O) groups is 1. The van der Waals surface area contributed by atoms with Crippen molar-refractivity contribution in [3.63, 3.8) is 0 Å². The van der Waals surface area contributed by atoms with E-state index in [-0.39, 0.29) is 24.1 Å². The van der Waals surface area contributed by atoms with E-state index in [0.29, 0.717) is 29.6 Å². The molecule has 2 aromatic rings. The molecule has 0 radical (unpaired) electrons. The minimum Gasteiger partial charge on any atom is -0.493 e. The zero-order chi connectivity index (χ0) is 28.1. The Kier molecular flexibility index (Phi) is 9.42. The molecular weight excluding hydrogens is 506 g/mol. The van der Waals surface area contributed by atoms with Crippen molar-refractivity contribution in [3.8, 4) is 11.5 Å². The highest BCUT2D eigenvalue weighted by molar-refractivity contribution is 6.06. The van der Waals surface area contributed by atoms with Gasteiger partial charge in [0, 0.05) is 24.2 Å². The molecule has 2 aliphatic rings. The van der Waals surface area contributed by atoms with E-state index in [2.05, 4.69) is 29.0 Å². The van der Waals surface area contributed by atoms with Crippen molar-refractivity contribution in [2.24, 2.45) is 0 Å². The number of hydrogen-bond donors (Lipinski definition) is 1. The fourth-order valence-electron chi connectivity index (χ4n) is 5.47. The van der Waals surface area contributed by atoms with Crippen molar-refractivity contribution in [1.82, 2.24) is 14.9 Å². The van der Waals surface area contributed by atoms with E-state index in [1.54, 1.807) is 4.90 Å². The Balaban J connectivity index is 1.66. The minimum atomic E-state index is -0.958. The molecule has 214 valence electrons. The Bertz CT molecular complexity index is 1140. The van der Waals surface area contributed by atoms with Crippen LogP contribution in [-0.4, -0.2) is 67.3 Å². The maximum atomic E-state index is 15.5. The number of amides is 2. The highest BCUT2D eigenvalue weighted by Crippen LogP contribution is 2.42. The Morgan fingerprint density at radius 1 is 1.05 bits per heavy atom. The molecular formula is C28H40F2N6O3. The van der Waals surface area contributed by atoms with Crippen LogP contribution >= 0.6 is 0 Å². The smallest absolute Gasteiger partial charge is 0.330 e. The van der Waals surface area contributed by atoms with Gasteiger partial charge in [-0.2, -0.15) is 4.98 Å². The van der Waals surface area contributed by atoms with Gasteiger partial charge < -0.3 is 19.7 Å². The molecule has 0 spiro atoms. The lowest BCUT2D eigenvalue weighted by Crippen LogP contribution is -2.52. The first kappa shape index (κ1) is 28.8. The van der Waals surface area contributed by atoms with Crippen molar-refractivity contribution in [2.45, 2.75) is 71.9 Å². The number of aromatic nitrogens is 2. The summed E-state index contributed by atoms with van der Waals surface area (Å²) in [4.78, 5) is 28.5. The quantitative estimate of drug-likeness (QED) is 0.352. The molecule has 4 rings (SSSR count). The van der Waals surface area contributed by atoms with Crippen LogP contribution in [0.15, 0.2) is 6.07 Å². The summed E-state index contributed by atoms with van der Waals surface area (Å²) in [6.07, 6.45) is 5.56. The van der Waals surface area contributed by atoms with Crippen LogP contribution in [0.2, 0.25) is 0 Å². The normalized spacial score (nSPS) is 15.7. The summed E-state index contributed by atoms with van der Waals surface area (Å²) in [5, 5.41) is 3.32. The van der Waals surface area contributed by atoms with Crippen molar-refractivity contribution < 1.29 is 23.0 Å². The van der Waals surface area contributed by atoms with Crippen LogP contribution in [-0.2, 0) is 6.54 Å². The molecule has 1 fully saturated rings. The summed E-state index contributed by atoms with van der Waals surface area (Å²) in [7, 11) is 2.57. The van der Waals surface area contributed by atoms with Gasteiger partial charge in [0.2, 0.25) is 5.95 Å².